The van der Waals surface area contributed by atoms with Crippen molar-refractivity contribution in [3.8, 4) is 10.4 Å². The average molecular weight is 420 g/mol. The Hall–Kier alpha value is -2.25. The maximum absolute atomic E-state index is 13.4. The van der Waals surface area contributed by atoms with Gasteiger partial charge in [-0.3, -0.25) is 4.79 Å². The summed E-state index contributed by atoms with van der Waals surface area (Å²) in [5.41, 5.74) is 0.725. The zero-order valence-corrected chi connectivity index (χ0v) is 17.6. The lowest BCUT2D eigenvalue weighted by atomic mass is 9.80. The van der Waals surface area contributed by atoms with Crippen LogP contribution in [-0.4, -0.2) is 34.2 Å². The standard InChI is InChI=1S/C22H26FNO4S/c1-12(2)24(20(26)16-9-4-13(3)10-18(16)25)21-17(22(27)28)11-19(29-21)14-5-7-15(23)8-6-14/h5-8,11-13,16,18,25H,4,9-10H2,1-3H3,(H,27,28)/t13-,16-,18+/m1/s1. The zero-order chi connectivity index (χ0) is 21.3. The number of aromatic carboxylic acids is 1. The number of carbonyl (C=O) groups is 2. The monoisotopic (exact) mass is 419 g/mol. The van der Waals surface area contributed by atoms with Crippen LogP contribution in [-0.2, 0) is 4.79 Å². The van der Waals surface area contributed by atoms with Gasteiger partial charge in [-0.1, -0.05) is 19.1 Å². The number of carboxylic acid groups (broad SMARTS) is 1. The van der Waals surface area contributed by atoms with E-state index < -0.39 is 18.0 Å². The fourth-order valence-corrected chi connectivity index (χ4v) is 5.17. The van der Waals surface area contributed by atoms with Crippen molar-refractivity contribution < 1.29 is 24.2 Å². The van der Waals surface area contributed by atoms with Crippen molar-refractivity contribution >= 4 is 28.2 Å². The number of nitrogens with zero attached hydrogens (tertiary/aromatic N) is 1. The van der Waals surface area contributed by atoms with E-state index in [4.69, 9.17) is 0 Å². The third-order valence-electron chi connectivity index (χ3n) is 5.44. The number of hydrogen-bond donors (Lipinski definition) is 2. The minimum atomic E-state index is -1.12. The van der Waals surface area contributed by atoms with Gasteiger partial charge in [-0.25, -0.2) is 9.18 Å². The highest BCUT2D eigenvalue weighted by molar-refractivity contribution is 7.20. The van der Waals surface area contributed by atoms with Crippen LogP contribution in [0.25, 0.3) is 10.4 Å². The van der Waals surface area contributed by atoms with Gasteiger partial charge in [0.2, 0.25) is 5.91 Å². The summed E-state index contributed by atoms with van der Waals surface area (Å²) in [5.74, 6) is -1.91. The topological polar surface area (TPSA) is 77.8 Å². The second-order valence-electron chi connectivity index (χ2n) is 8.04. The molecule has 0 spiro atoms. The molecule has 0 unspecified atom stereocenters. The molecule has 1 heterocycles. The minimum absolute atomic E-state index is 0.0371. The lowest BCUT2D eigenvalue weighted by Gasteiger charge is -2.35. The van der Waals surface area contributed by atoms with Gasteiger partial charge in [-0.2, -0.15) is 0 Å². The summed E-state index contributed by atoms with van der Waals surface area (Å²) in [7, 11) is 0. The van der Waals surface area contributed by atoms with Crippen LogP contribution in [0.4, 0.5) is 9.39 Å². The van der Waals surface area contributed by atoms with E-state index in [1.54, 1.807) is 12.1 Å². The number of anilines is 1. The first kappa shape index (κ1) is 21.5. The molecule has 1 aromatic carbocycles. The SMILES string of the molecule is CC(C)N(C(=O)[C@@H]1CC[C@@H](C)C[C@@H]1O)c1sc(-c2ccc(F)cc2)cc1C(=O)O. The summed E-state index contributed by atoms with van der Waals surface area (Å²) in [5, 5.41) is 20.6. The summed E-state index contributed by atoms with van der Waals surface area (Å²) in [6, 6.07) is 7.07. The van der Waals surface area contributed by atoms with Gasteiger partial charge < -0.3 is 15.1 Å². The van der Waals surface area contributed by atoms with E-state index in [9.17, 15) is 24.2 Å². The van der Waals surface area contributed by atoms with E-state index in [-0.39, 0.29) is 23.3 Å². The Labute approximate surface area is 173 Å². The van der Waals surface area contributed by atoms with Crippen molar-refractivity contribution in [2.24, 2.45) is 11.8 Å². The average Bonchev–Trinajstić information content (AvgIpc) is 3.07. The molecule has 0 radical (unpaired) electrons. The molecule has 1 aromatic heterocycles. The molecule has 3 rings (SSSR count). The number of carbonyl (C=O) groups excluding carboxylic acids is 1. The van der Waals surface area contributed by atoms with Crippen LogP contribution in [0.5, 0.6) is 0 Å². The van der Waals surface area contributed by atoms with Gasteiger partial charge >= 0.3 is 5.97 Å². The molecule has 1 aliphatic carbocycles. The van der Waals surface area contributed by atoms with Crippen LogP contribution in [0.2, 0.25) is 0 Å². The van der Waals surface area contributed by atoms with Crippen molar-refractivity contribution in [3.05, 3.63) is 41.7 Å². The Morgan fingerprint density at radius 2 is 1.86 bits per heavy atom. The normalized spacial score (nSPS) is 21.9. The van der Waals surface area contributed by atoms with Crippen molar-refractivity contribution in [2.45, 2.75) is 52.2 Å². The molecular formula is C22H26FNO4S. The molecule has 2 aromatic rings. The Morgan fingerprint density at radius 1 is 1.21 bits per heavy atom. The quantitative estimate of drug-likeness (QED) is 0.730. The maximum Gasteiger partial charge on any atom is 0.338 e. The number of hydrogen-bond acceptors (Lipinski definition) is 4. The number of rotatable bonds is 5. The smallest absolute Gasteiger partial charge is 0.338 e. The maximum atomic E-state index is 13.4. The van der Waals surface area contributed by atoms with Gasteiger partial charge in [0.1, 0.15) is 10.8 Å². The number of amides is 1. The minimum Gasteiger partial charge on any atom is -0.478 e. The third kappa shape index (κ3) is 4.51. The molecule has 1 saturated carbocycles. The number of halogens is 1. The Kier molecular flexibility index (Phi) is 6.39. The molecule has 1 amide bonds. The van der Waals surface area contributed by atoms with Gasteiger partial charge in [0.05, 0.1) is 17.6 Å². The van der Waals surface area contributed by atoms with Crippen molar-refractivity contribution in [1.82, 2.24) is 0 Å². The molecule has 7 heteroatoms. The first-order valence-corrected chi connectivity index (χ1v) is 10.6. The largest absolute Gasteiger partial charge is 0.478 e. The molecule has 0 saturated heterocycles. The summed E-state index contributed by atoms with van der Waals surface area (Å²) in [4.78, 5) is 27.4. The predicted octanol–water partition coefficient (Wildman–Crippen LogP) is 4.79. The number of thiophene rings is 1. The first-order valence-electron chi connectivity index (χ1n) is 9.83. The Bertz CT molecular complexity index is 893. The number of benzene rings is 1. The van der Waals surface area contributed by atoms with E-state index in [0.29, 0.717) is 34.2 Å². The summed E-state index contributed by atoms with van der Waals surface area (Å²) < 4.78 is 13.3. The van der Waals surface area contributed by atoms with E-state index >= 15 is 0 Å². The fourth-order valence-electron chi connectivity index (χ4n) is 3.88. The van der Waals surface area contributed by atoms with Gasteiger partial charge in [-0.05, 0) is 62.8 Å². The van der Waals surface area contributed by atoms with Crippen LogP contribution in [0, 0.1) is 17.7 Å². The van der Waals surface area contributed by atoms with Crippen molar-refractivity contribution in [2.75, 3.05) is 4.90 Å². The number of carboxylic acids is 1. The molecule has 3 atom stereocenters. The molecule has 156 valence electrons. The third-order valence-corrected chi connectivity index (χ3v) is 6.62. The first-order chi connectivity index (χ1) is 13.7. The molecule has 1 fully saturated rings. The number of aliphatic hydroxyl groups excluding tert-OH is 1. The van der Waals surface area contributed by atoms with E-state index in [1.165, 1.54) is 34.4 Å². The second-order valence-corrected chi connectivity index (χ2v) is 9.07. The lowest BCUT2D eigenvalue weighted by molar-refractivity contribution is -0.128. The molecule has 1 aliphatic rings. The van der Waals surface area contributed by atoms with E-state index in [0.717, 1.165) is 6.42 Å². The van der Waals surface area contributed by atoms with Crippen LogP contribution in [0.1, 0.15) is 50.4 Å². The van der Waals surface area contributed by atoms with Crippen LogP contribution in [0.15, 0.2) is 30.3 Å². The van der Waals surface area contributed by atoms with Gasteiger partial charge in [0, 0.05) is 10.9 Å². The summed E-state index contributed by atoms with van der Waals surface area (Å²) in [6.07, 6.45) is 1.29. The summed E-state index contributed by atoms with van der Waals surface area (Å²) >= 11 is 1.20. The van der Waals surface area contributed by atoms with Crippen LogP contribution >= 0.6 is 11.3 Å². The zero-order valence-electron chi connectivity index (χ0n) is 16.8. The Balaban J connectivity index is 2.01. The lowest BCUT2D eigenvalue weighted by Crippen LogP contribution is -2.46. The van der Waals surface area contributed by atoms with Crippen molar-refractivity contribution in [3.63, 3.8) is 0 Å². The highest BCUT2D eigenvalue weighted by Crippen LogP contribution is 2.41. The predicted molar refractivity (Wildman–Crippen MR) is 112 cm³/mol. The van der Waals surface area contributed by atoms with Crippen molar-refractivity contribution in [1.29, 1.82) is 0 Å². The van der Waals surface area contributed by atoms with E-state index in [1.807, 2.05) is 13.8 Å². The highest BCUT2D eigenvalue weighted by Gasteiger charge is 2.38. The van der Waals surface area contributed by atoms with Crippen LogP contribution in [0.3, 0.4) is 0 Å². The molecule has 2 N–H and O–H groups in total. The molecular weight excluding hydrogens is 393 g/mol. The highest BCUT2D eigenvalue weighted by atomic mass is 32.1. The Morgan fingerprint density at radius 3 is 2.41 bits per heavy atom. The molecule has 0 aliphatic heterocycles. The summed E-state index contributed by atoms with van der Waals surface area (Å²) in [6.45, 7) is 5.72. The fraction of sp³-hybridized carbons (Fsp3) is 0.455. The van der Waals surface area contributed by atoms with Gasteiger partial charge in [0.25, 0.3) is 0 Å². The van der Waals surface area contributed by atoms with Gasteiger partial charge in [-0.15, -0.1) is 11.3 Å². The molecule has 5 nitrogen and oxygen atoms in total. The van der Waals surface area contributed by atoms with Gasteiger partial charge in [0.15, 0.2) is 0 Å². The molecule has 29 heavy (non-hydrogen) atoms. The second kappa shape index (κ2) is 8.63. The van der Waals surface area contributed by atoms with E-state index in [2.05, 4.69) is 6.92 Å². The number of aliphatic hydroxyl groups is 1. The molecule has 0 bridgehead atoms. The van der Waals surface area contributed by atoms with Crippen LogP contribution < -0.4 is 4.90 Å².